The normalized spacial score (nSPS) is 11.0. The van der Waals surface area contributed by atoms with E-state index in [0.717, 1.165) is 0 Å². The number of hydrogen-bond acceptors (Lipinski definition) is 4. The lowest BCUT2D eigenvalue weighted by Gasteiger charge is -2.31. The van der Waals surface area contributed by atoms with Crippen molar-refractivity contribution in [2.75, 3.05) is 13.6 Å². The number of carboxylic acid groups (broad SMARTS) is 1. The lowest BCUT2D eigenvalue weighted by atomic mass is 10.0. The molecule has 0 spiro atoms. The molecular weight excluding hydrogens is 276 g/mol. The summed E-state index contributed by atoms with van der Waals surface area (Å²) in [5.41, 5.74) is -1.26. The Hall–Kier alpha value is -2.31. The second-order valence-corrected chi connectivity index (χ2v) is 5.15. The molecule has 1 aromatic rings. The van der Waals surface area contributed by atoms with Crippen molar-refractivity contribution in [3.8, 4) is 0 Å². The molecule has 21 heavy (non-hydrogen) atoms. The number of furan rings is 1. The fourth-order valence-corrected chi connectivity index (χ4v) is 1.56. The molecule has 0 radical (unpaired) electrons. The van der Waals surface area contributed by atoms with Crippen molar-refractivity contribution in [1.82, 2.24) is 10.2 Å². The van der Waals surface area contributed by atoms with Crippen LogP contribution in [0, 0.1) is 0 Å². The lowest BCUT2D eigenvalue weighted by molar-refractivity contribution is -0.155. The van der Waals surface area contributed by atoms with Gasteiger partial charge in [0.1, 0.15) is 5.54 Å². The molecule has 1 aromatic heterocycles. The number of aliphatic carboxylic acids is 1. The average Bonchev–Trinajstić information content (AvgIpc) is 2.96. The molecule has 0 saturated carbocycles. The molecule has 2 N–H and O–H groups in total. The van der Waals surface area contributed by atoms with Crippen LogP contribution in [0.3, 0.4) is 0 Å². The highest BCUT2D eigenvalue weighted by Gasteiger charge is 2.34. The van der Waals surface area contributed by atoms with E-state index < -0.39 is 11.5 Å². The maximum absolute atomic E-state index is 11.9. The van der Waals surface area contributed by atoms with Gasteiger partial charge in [-0.15, -0.1) is 0 Å². The molecule has 0 saturated heterocycles. The topological polar surface area (TPSA) is 99.9 Å². The van der Waals surface area contributed by atoms with E-state index >= 15 is 0 Å². The zero-order chi connectivity index (χ0) is 16.0. The van der Waals surface area contributed by atoms with Crippen molar-refractivity contribution in [2.24, 2.45) is 0 Å². The van der Waals surface area contributed by atoms with Crippen LogP contribution in [-0.2, 0) is 9.59 Å². The SMILES string of the molecule is CN(C(=O)CCCNC(=O)c1ccco1)C(C)(C)C(=O)O. The van der Waals surface area contributed by atoms with Crippen molar-refractivity contribution in [3.63, 3.8) is 0 Å². The Morgan fingerprint density at radius 3 is 2.57 bits per heavy atom. The minimum atomic E-state index is -1.26. The standard InChI is InChI=1S/C14H20N2O5/c1-14(2,13(19)20)16(3)11(17)7-4-8-15-12(18)10-6-5-9-21-10/h5-6,9H,4,7-8H2,1-3H3,(H,15,18)(H,19,20). The van der Waals surface area contributed by atoms with E-state index in [1.165, 1.54) is 32.1 Å². The number of hydrogen-bond donors (Lipinski definition) is 2. The summed E-state index contributed by atoms with van der Waals surface area (Å²) in [6.07, 6.45) is 1.98. The van der Waals surface area contributed by atoms with Crippen LogP contribution < -0.4 is 5.32 Å². The molecule has 0 atom stereocenters. The number of carbonyl (C=O) groups is 3. The number of nitrogens with one attached hydrogen (secondary N) is 1. The van der Waals surface area contributed by atoms with E-state index in [-0.39, 0.29) is 24.0 Å². The number of rotatable bonds is 7. The van der Waals surface area contributed by atoms with Gasteiger partial charge in [-0.2, -0.15) is 0 Å². The van der Waals surface area contributed by atoms with Gasteiger partial charge in [-0.3, -0.25) is 9.59 Å². The molecule has 116 valence electrons. The predicted octanol–water partition coefficient (Wildman–Crippen LogP) is 1.11. The first-order chi connectivity index (χ1) is 9.76. The second-order valence-electron chi connectivity index (χ2n) is 5.15. The molecule has 2 amide bonds. The fraction of sp³-hybridized carbons (Fsp3) is 0.500. The monoisotopic (exact) mass is 296 g/mol. The third-order valence-corrected chi connectivity index (χ3v) is 3.33. The first-order valence-corrected chi connectivity index (χ1v) is 6.58. The molecule has 0 aliphatic heterocycles. The Balaban J connectivity index is 2.34. The van der Waals surface area contributed by atoms with Gasteiger partial charge in [0.15, 0.2) is 5.76 Å². The molecular formula is C14H20N2O5. The molecule has 0 aromatic carbocycles. The highest BCUT2D eigenvalue weighted by Crippen LogP contribution is 2.14. The van der Waals surface area contributed by atoms with E-state index in [1.54, 1.807) is 12.1 Å². The molecule has 1 heterocycles. The lowest BCUT2D eigenvalue weighted by Crippen LogP contribution is -2.50. The summed E-state index contributed by atoms with van der Waals surface area (Å²) in [5, 5.41) is 11.7. The number of nitrogens with zero attached hydrogens (tertiary/aromatic N) is 1. The van der Waals surface area contributed by atoms with Gasteiger partial charge in [0.05, 0.1) is 6.26 Å². The van der Waals surface area contributed by atoms with Gasteiger partial charge < -0.3 is 19.7 Å². The molecule has 1 rings (SSSR count). The fourth-order valence-electron chi connectivity index (χ4n) is 1.56. The van der Waals surface area contributed by atoms with E-state index in [9.17, 15) is 14.4 Å². The summed E-state index contributed by atoms with van der Waals surface area (Å²) in [5.74, 6) is -1.48. The van der Waals surface area contributed by atoms with Crippen molar-refractivity contribution in [3.05, 3.63) is 24.2 Å². The maximum Gasteiger partial charge on any atom is 0.329 e. The van der Waals surface area contributed by atoms with Crippen molar-refractivity contribution >= 4 is 17.8 Å². The van der Waals surface area contributed by atoms with Gasteiger partial charge in [-0.25, -0.2) is 4.79 Å². The van der Waals surface area contributed by atoms with Gasteiger partial charge in [-0.1, -0.05) is 0 Å². The minimum absolute atomic E-state index is 0.158. The van der Waals surface area contributed by atoms with Gasteiger partial charge in [0.25, 0.3) is 5.91 Å². The zero-order valence-corrected chi connectivity index (χ0v) is 12.4. The molecule has 0 fully saturated rings. The number of amides is 2. The molecule has 0 aliphatic rings. The summed E-state index contributed by atoms with van der Waals surface area (Å²) in [4.78, 5) is 35.7. The Labute approximate surface area is 122 Å². The van der Waals surface area contributed by atoms with E-state index in [1.807, 2.05) is 0 Å². The van der Waals surface area contributed by atoms with Crippen LogP contribution in [0.15, 0.2) is 22.8 Å². The van der Waals surface area contributed by atoms with Gasteiger partial charge in [-0.05, 0) is 32.4 Å². The number of carbonyl (C=O) groups excluding carboxylic acids is 2. The highest BCUT2D eigenvalue weighted by atomic mass is 16.4. The molecule has 7 heteroatoms. The van der Waals surface area contributed by atoms with Gasteiger partial charge in [0.2, 0.25) is 5.91 Å². The average molecular weight is 296 g/mol. The Kier molecular flexibility index (Phi) is 5.52. The summed E-state index contributed by atoms with van der Waals surface area (Å²) < 4.78 is 4.93. The highest BCUT2D eigenvalue weighted by molar-refractivity contribution is 5.91. The van der Waals surface area contributed by atoms with E-state index in [2.05, 4.69) is 5.32 Å². The molecule has 7 nitrogen and oxygen atoms in total. The van der Waals surface area contributed by atoms with Crippen molar-refractivity contribution in [1.29, 1.82) is 0 Å². The van der Waals surface area contributed by atoms with Gasteiger partial charge in [0, 0.05) is 20.0 Å². The zero-order valence-electron chi connectivity index (χ0n) is 12.4. The largest absolute Gasteiger partial charge is 0.480 e. The summed E-state index contributed by atoms with van der Waals surface area (Å²) in [6, 6.07) is 3.16. The van der Waals surface area contributed by atoms with Crippen molar-refractivity contribution in [2.45, 2.75) is 32.2 Å². The van der Waals surface area contributed by atoms with Gasteiger partial charge >= 0.3 is 5.97 Å². The van der Waals surface area contributed by atoms with Crippen LogP contribution in [0.4, 0.5) is 0 Å². The van der Waals surface area contributed by atoms with Crippen LogP contribution in [0.2, 0.25) is 0 Å². The summed E-state index contributed by atoms with van der Waals surface area (Å²) >= 11 is 0. The van der Waals surface area contributed by atoms with Crippen LogP contribution in [0.25, 0.3) is 0 Å². The Morgan fingerprint density at radius 1 is 1.38 bits per heavy atom. The van der Waals surface area contributed by atoms with Crippen molar-refractivity contribution < 1.29 is 23.9 Å². The maximum atomic E-state index is 11.9. The van der Waals surface area contributed by atoms with E-state index in [4.69, 9.17) is 9.52 Å². The summed E-state index contributed by atoms with van der Waals surface area (Å²) in [6.45, 7) is 3.24. The Bertz CT molecular complexity index is 507. The summed E-state index contributed by atoms with van der Waals surface area (Å²) in [7, 11) is 1.46. The second kappa shape index (κ2) is 6.92. The quantitative estimate of drug-likeness (QED) is 0.734. The first-order valence-electron chi connectivity index (χ1n) is 6.58. The van der Waals surface area contributed by atoms with Crippen LogP contribution in [-0.4, -0.2) is 46.9 Å². The van der Waals surface area contributed by atoms with Crippen LogP contribution in [0.5, 0.6) is 0 Å². The first kappa shape index (κ1) is 16.7. The third kappa shape index (κ3) is 4.34. The smallest absolute Gasteiger partial charge is 0.329 e. The predicted molar refractivity (Wildman–Crippen MR) is 74.8 cm³/mol. The third-order valence-electron chi connectivity index (χ3n) is 3.33. The number of likely N-dealkylation sites (N-methyl/N-ethyl adjacent to an activating group) is 1. The Morgan fingerprint density at radius 2 is 2.05 bits per heavy atom. The number of carboxylic acids is 1. The van der Waals surface area contributed by atoms with Crippen LogP contribution in [0.1, 0.15) is 37.2 Å². The molecule has 0 aliphatic carbocycles. The van der Waals surface area contributed by atoms with E-state index in [0.29, 0.717) is 13.0 Å². The van der Waals surface area contributed by atoms with Crippen LogP contribution >= 0.6 is 0 Å². The minimum Gasteiger partial charge on any atom is -0.480 e. The molecule has 0 bridgehead atoms. The molecule has 0 unspecified atom stereocenters.